The van der Waals surface area contributed by atoms with Crippen molar-refractivity contribution in [1.29, 1.82) is 0 Å². The zero-order valence-electron chi connectivity index (χ0n) is 6.48. The second-order valence-corrected chi connectivity index (χ2v) is 2.33. The Hall–Kier alpha value is -1.65. The molecule has 5 nitrogen and oxygen atoms in total. The molecule has 0 saturated carbocycles. The zero-order valence-corrected chi connectivity index (χ0v) is 6.48. The minimum Gasteiger partial charge on any atom is -0.492 e. The predicted octanol–water partition coefficient (Wildman–Crippen LogP) is 0.729. The molecule has 0 unspecified atom stereocenters. The number of hydrogen-bond acceptors (Lipinski definition) is 4. The molecular weight excluding hydrogens is 162 g/mol. The van der Waals surface area contributed by atoms with E-state index in [9.17, 15) is 4.79 Å². The summed E-state index contributed by atoms with van der Waals surface area (Å²) in [5.41, 5.74) is -0.0718. The van der Waals surface area contributed by atoms with Crippen molar-refractivity contribution in [2.24, 2.45) is 0 Å². The first-order valence-corrected chi connectivity index (χ1v) is 3.44. The number of ketones is 1. The van der Waals surface area contributed by atoms with Gasteiger partial charge in [-0.05, 0) is 0 Å². The molecule has 0 aromatic carbocycles. The molecule has 0 bridgehead atoms. The van der Waals surface area contributed by atoms with E-state index < -0.39 is 11.8 Å². The smallest absolute Gasteiger partial charge is 0.240 e. The highest BCUT2D eigenvalue weighted by Gasteiger charge is 2.17. The predicted molar refractivity (Wildman–Crippen MR) is 39.6 cm³/mol. The van der Waals surface area contributed by atoms with Crippen molar-refractivity contribution >= 4 is 5.78 Å². The summed E-state index contributed by atoms with van der Waals surface area (Å²) in [7, 11) is 0. The van der Waals surface area contributed by atoms with Crippen molar-refractivity contribution in [3.8, 4) is 11.8 Å². The molecule has 12 heavy (non-hydrogen) atoms. The molecule has 1 heterocycles. The van der Waals surface area contributed by atoms with Crippen LogP contribution in [0.1, 0.15) is 23.7 Å². The standard InChI is InChI=1S/C7H9NO4/c1-2-5(9)4-3-6(10)8(12)7(4)11/h3,10-12H,2H2,1H3. The molecular formula is C7H9NO4. The van der Waals surface area contributed by atoms with Crippen molar-refractivity contribution in [1.82, 2.24) is 4.73 Å². The minimum absolute atomic E-state index is 0.0718. The van der Waals surface area contributed by atoms with Crippen LogP contribution in [0.4, 0.5) is 0 Å². The number of carbonyl (C=O) groups is 1. The number of hydrogen-bond donors (Lipinski definition) is 3. The van der Waals surface area contributed by atoms with Gasteiger partial charge >= 0.3 is 0 Å². The molecule has 0 aliphatic rings. The van der Waals surface area contributed by atoms with E-state index in [1.165, 1.54) is 0 Å². The number of nitrogens with zero attached hydrogens (tertiary/aromatic N) is 1. The molecule has 1 aromatic heterocycles. The Labute approximate surface area is 68.4 Å². The maximum Gasteiger partial charge on any atom is 0.240 e. The molecule has 1 rings (SSSR count). The molecule has 0 fully saturated rings. The van der Waals surface area contributed by atoms with E-state index in [0.717, 1.165) is 6.07 Å². The number of aromatic hydroxyl groups is 2. The molecule has 0 spiro atoms. The fourth-order valence-electron chi connectivity index (χ4n) is 0.873. The Bertz CT molecular complexity index is 315. The Morgan fingerprint density at radius 3 is 2.50 bits per heavy atom. The molecule has 0 aliphatic heterocycles. The number of carbonyl (C=O) groups excluding carboxylic acids is 1. The summed E-state index contributed by atoms with van der Waals surface area (Å²) in [5, 5.41) is 26.8. The first kappa shape index (κ1) is 8.45. The minimum atomic E-state index is -0.626. The zero-order chi connectivity index (χ0) is 9.30. The molecule has 3 N–H and O–H groups in total. The van der Waals surface area contributed by atoms with Gasteiger partial charge in [-0.2, -0.15) is 0 Å². The van der Waals surface area contributed by atoms with Crippen LogP contribution >= 0.6 is 0 Å². The van der Waals surface area contributed by atoms with Gasteiger partial charge in [-0.3, -0.25) is 4.79 Å². The Morgan fingerprint density at radius 2 is 2.17 bits per heavy atom. The highest BCUT2D eigenvalue weighted by atomic mass is 16.5. The SMILES string of the molecule is CCC(=O)c1cc(O)n(O)c1O. The van der Waals surface area contributed by atoms with Crippen LogP contribution in [0.2, 0.25) is 0 Å². The molecule has 0 aliphatic carbocycles. The van der Waals surface area contributed by atoms with Gasteiger partial charge in [0.1, 0.15) is 0 Å². The third-order valence-electron chi connectivity index (χ3n) is 1.55. The van der Waals surface area contributed by atoms with Crippen molar-refractivity contribution in [3.63, 3.8) is 0 Å². The van der Waals surface area contributed by atoms with Gasteiger partial charge in [0.2, 0.25) is 11.8 Å². The normalized spacial score (nSPS) is 10.1. The summed E-state index contributed by atoms with van der Waals surface area (Å²) >= 11 is 0. The quantitative estimate of drug-likeness (QED) is 0.452. The van der Waals surface area contributed by atoms with Gasteiger partial charge in [0.25, 0.3) is 0 Å². The van der Waals surface area contributed by atoms with Crippen LogP contribution in [-0.2, 0) is 0 Å². The van der Waals surface area contributed by atoms with E-state index in [4.69, 9.17) is 15.4 Å². The second-order valence-electron chi connectivity index (χ2n) is 2.33. The van der Waals surface area contributed by atoms with Crippen LogP contribution in [-0.4, -0.2) is 25.9 Å². The second kappa shape index (κ2) is 2.77. The fraction of sp³-hybridized carbons (Fsp3) is 0.286. The number of Topliss-reactive ketones (excluding diaryl/α,β-unsaturated/α-hetero) is 1. The van der Waals surface area contributed by atoms with Crippen molar-refractivity contribution < 1.29 is 20.2 Å². The molecule has 5 heteroatoms. The maximum absolute atomic E-state index is 11.0. The van der Waals surface area contributed by atoms with Gasteiger partial charge < -0.3 is 15.4 Å². The summed E-state index contributed by atoms with van der Waals surface area (Å²) in [4.78, 5) is 11.0. The molecule has 66 valence electrons. The molecule has 1 aromatic rings. The summed E-state index contributed by atoms with van der Waals surface area (Å²) in [6.45, 7) is 1.62. The molecule has 0 atom stereocenters. The Morgan fingerprint density at radius 1 is 1.58 bits per heavy atom. The van der Waals surface area contributed by atoms with E-state index in [0.29, 0.717) is 0 Å². The summed E-state index contributed by atoms with van der Waals surface area (Å²) in [6.07, 6.45) is 0.205. The van der Waals surface area contributed by atoms with Crippen LogP contribution in [0, 0.1) is 0 Å². The lowest BCUT2D eigenvalue weighted by Gasteiger charge is -1.95. The molecule has 0 amide bonds. The number of rotatable bonds is 2. The molecule has 0 radical (unpaired) electrons. The lowest BCUT2D eigenvalue weighted by atomic mass is 10.2. The van der Waals surface area contributed by atoms with E-state index in [-0.39, 0.29) is 22.5 Å². The van der Waals surface area contributed by atoms with Gasteiger partial charge in [0.15, 0.2) is 5.78 Å². The third kappa shape index (κ3) is 1.09. The largest absolute Gasteiger partial charge is 0.492 e. The van der Waals surface area contributed by atoms with Crippen LogP contribution in [0.5, 0.6) is 11.8 Å². The highest BCUT2D eigenvalue weighted by Crippen LogP contribution is 2.26. The van der Waals surface area contributed by atoms with E-state index >= 15 is 0 Å². The first-order chi connectivity index (χ1) is 5.57. The highest BCUT2D eigenvalue weighted by molar-refractivity contribution is 5.98. The summed E-state index contributed by atoms with van der Waals surface area (Å²) in [5.74, 6) is -1.51. The van der Waals surface area contributed by atoms with E-state index in [1.54, 1.807) is 6.92 Å². The summed E-state index contributed by atoms with van der Waals surface area (Å²) < 4.78 is 0.156. The topological polar surface area (TPSA) is 82.7 Å². The Balaban J connectivity index is 3.17. The van der Waals surface area contributed by atoms with Crippen LogP contribution in [0.25, 0.3) is 0 Å². The van der Waals surface area contributed by atoms with Gasteiger partial charge in [-0.15, -0.1) is 4.73 Å². The van der Waals surface area contributed by atoms with E-state index in [2.05, 4.69) is 0 Å². The van der Waals surface area contributed by atoms with Crippen LogP contribution < -0.4 is 0 Å². The Kier molecular flexibility index (Phi) is 1.95. The van der Waals surface area contributed by atoms with Gasteiger partial charge in [0.05, 0.1) is 5.56 Å². The third-order valence-corrected chi connectivity index (χ3v) is 1.55. The van der Waals surface area contributed by atoms with Crippen molar-refractivity contribution in [2.45, 2.75) is 13.3 Å². The van der Waals surface area contributed by atoms with Crippen LogP contribution in [0.3, 0.4) is 0 Å². The fourth-order valence-corrected chi connectivity index (χ4v) is 0.873. The monoisotopic (exact) mass is 171 g/mol. The maximum atomic E-state index is 11.0. The lowest BCUT2D eigenvalue weighted by molar-refractivity contribution is 0.0975. The van der Waals surface area contributed by atoms with Gasteiger partial charge in [0, 0.05) is 12.5 Å². The van der Waals surface area contributed by atoms with Crippen molar-refractivity contribution in [3.05, 3.63) is 11.6 Å². The van der Waals surface area contributed by atoms with E-state index in [1.807, 2.05) is 0 Å². The summed E-state index contributed by atoms with van der Waals surface area (Å²) in [6, 6.07) is 1.02. The van der Waals surface area contributed by atoms with Crippen molar-refractivity contribution in [2.75, 3.05) is 0 Å². The molecule has 0 saturated heterocycles. The van der Waals surface area contributed by atoms with Crippen LogP contribution in [0.15, 0.2) is 6.07 Å². The lowest BCUT2D eigenvalue weighted by Crippen LogP contribution is -1.95. The van der Waals surface area contributed by atoms with Gasteiger partial charge in [-0.1, -0.05) is 6.92 Å². The first-order valence-electron chi connectivity index (χ1n) is 3.44. The number of aromatic nitrogens is 1. The van der Waals surface area contributed by atoms with Gasteiger partial charge in [-0.25, -0.2) is 0 Å². The average molecular weight is 171 g/mol. The average Bonchev–Trinajstić information content (AvgIpc) is 2.32.